The van der Waals surface area contributed by atoms with Crippen molar-refractivity contribution in [3.8, 4) is 0 Å². The van der Waals surface area contributed by atoms with Crippen LogP contribution in [0.15, 0.2) is 18.2 Å². The predicted molar refractivity (Wildman–Crippen MR) is 66.1 cm³/mol. The van der Waals surface area contributed by atoms with Gasteiger partial charge in [0.2, 0.25) is 5.91 Å². The van der Waals surface area contributed by atoms with Crippen molar-refractivity contribution in [3.05, 3.63) is 29.6 Å². The van der Waals surface area contributed by atoms with E-state index in [-0.39, 0.29) is 23.6 Å². The molecule has 4 nitrogen and oxygen atoms in total. The second kappa shape index (κ2) is 6.14. The van der Waals surface area contributed by atoms with E-state index in [1.807, 2.05) is 13.8 Å². The number of benzene rings is 1. The number of hydrogen-bond donors (Lipinski definition) is 2. The summed E-state index contributed by atoms with van der Waals surface area (Å²) in [6, 6.07) is 3.19. The molecule has 0 aliphatic rings. The van der Waals surface area contributed by atoms with Gasteiger partial charge in [-0.25, -0.2) is 9.18 Å². The summed E-state index contributed by atoms with van der Waals surface area (Å²) in [5.41, 5.74) is -0.120. The van der Waals surface area contributed by atoms with Crippen molar-refractivity contribution < 1.29 is 19.1 Å². The van der Waals surface area contributed by atoms with Crippen molar-refractivity contribution in [2.75, 3.05) is 5.32 Å². The number of carboxylic acid groups (broad SMARTS) is 1. The molecule has 1 aromatic rings. The summed E-state index contributed by atoms with van der Waals surface area (Å²) in [6.45, 7) is 3.97. The standard InChI is InChI=1S/C13H16FNO3/c1-8(2)3-6-12(16)15-11-7-9(14)4-5-10(11)13(17)18/h4-5,7-8H,3,6H2,1-2H3,(H,15,16)(H,17,18). The van der Waals surface area contributed by atoms with Crippen LogP contribution in [0, 0.1) is 11.7 Å². The molecular weight excluding hydrogens is 237 g/mol. The number of amides is 1. The van der Waals surface area contributed by atoms with E-state index >= 15 is 0 Å². The van der Waals surface area contributed by atoms with Gasteiger partial charge in [-0.3, -0.25) is 4.79 Å². The van der Waals surface area contributed by atoms with Crippen molar-refractivity contribution in [1.29, 1.82) is 0 Å². The van der Waals surface area contributed by atoms with Crippen LogP contribution in [0.1, 0.15) is 37.0 Å². The van der Waals surface area contributed by atoms with Gasteiger partial charge in [0.15, 0.2) is 0 Å². The molecular formula is C13H16FNO3. The molecule has 0 saturated heterocycles. The van der Waals surface area contributed by atoms with Crippen LogP contribution in [0.4, 0.5) is 10.1 Å². The Hall–Kier alpha value is -1.91. The summed E-state index contributed by atoms with van der Waals surface area (Å²) >= 11 is 0. The van der Waals surface area contributed by atoms with Crippen molar-refractivity contribution in [1.82, 2.24) is 0 Å². The zero-order valence-electron chi connectivity index (χ0n) is 10.4. The molecule has 1 amide bonds. The number of anilines is 1. The van der Waals surface area contributed by atoms with Crippen LogP contribution in [-0.2, 0) is 4.79 Å². The molecule has 0 atom stereocenters. The molecule has 0 heterocycles. The second-order valence-corrected chi connectivity index (χ2v) is 4.48. The van der Waals surface area contributed by atoms with Gasteiger partial charge in [-0.2, -0.15) is 0 Å². The monoisotopic (exact) mass is 253 g/mol. The molecule has 0 fully saturated rings. The molecule has 0 aliphatic carbocycles. The van der Waals surface area contributed by atoms with E-state index in [0.29, 0.717) is 12.3 Å². The molecule has 0 radical (unpaired) electrons. The van der Waals surface area contributed by atoms with Gasteiger partial charge in [-0.15, -0.1) is 0 Å². The highest BCUT2D eigenvalue weighted by molar-refractivity contribution is 6.00. The first-order valence-corrected chi connectivity index (χ1v) is 5.73. The minimum Gasteiger partial charge on any atom is -0.478 e. The molecule has 2 N–H and O–H groups in total. The average molecular weight is 253 g/mol. The summed E-state index contributed by atoms with van der Waals surface area (Å²) in [5.74, 6) is -1.72. The lowest BCUT2D eigenvalue weighted by Crippen LogP contribution is -2.15. The fraction of sp³-hybridized carbons (Fsp3) is 0.385. The molecule has 0 aliphatic heterocycles. The zero-order valence-corrected chi connectivity index (χ0v) is 10.4. The maximum Gasteiger partial charge on any atom is 0.337 e. The Morgan fingerprint density at radius 1 is 1.39 bits per heavy atom. The Morgan fingerprint density at radius 2 is 2.06 bits per heavy atom. The molecule has 5 heteroatoms. The first kappa shape index (κ1) is 14.2. The molecule has 1 rings (SSSR count). The average Bonchev–Trinajstić information content (AvgIpc) is 2.26. The first-order valence-electron chi connectivity index (χ1n) is 5.73. The molecule has 0 spiro atoms. The van der Waals surface area contributed by atoms with Gasteiger partial charge in [0.05, 0.1) is 11.3 Å². The summed E-state index contributed by atoms with van der Waals surface area (Å²) in [5, 5.41) is 11.3. The van der Waals surface area contributed by atoms with Crippen LogP contribution < -0.4 is 5.32 Å². The SMILES string of the molecule is CC(C)CCC(=O)Nc1cc(F)ccc1C(=O)O. The minimum absolute atomic E-state index is 0.00347. The number of carboxylic acids is 1. The maximum atomic E-state index is 13.0. The number of halogens is 1. The van der Waals surface area contributed by atoms with E-state index in [1.54, 1.807) is 0 Å². The highest BCUT2D eigenvalue weighted by atomic mass is 19.1. The smallest absolute Gasteiger partial charge is 0.337 e. The molecule has 1 aromatic carbocycles. The second-order valence-electron chi connectivity index (χ2n) is 4.48. The minimum atomic E-state index is -1.20. The third-order valence-corrected chi connectivity index (χ3v) is 2.43. The topological polar surface area (TPSA) is 66.4 Å². The Balaban J connectivity index is 2.79. The number of hydrogen-bond acceptors (Lipinski definition) is 2. The maximum absolute atomic E-state index is 13.0. The molecule has 18 heavy (non-hydrogen) atoms. The summed E-state index contributed by atoms with van der Waals surface area (Å²) in [7, 11) is 0. The Bertz CT molecular complexity index is 458. The zero-order chi connectivity index (χ0) is 13.7. The lowest BCUT2D eigenvalue weighted by Gasteiger charge is -2.09. The lowest BCUT2D eigenvalue weighted by molar-refractivity contribution is -0.116. The van der Waals surface area contributed by atoms with Gasteiger partial charge in [0.1, 0.15) is 5.82 Å². The predicted octanol–water partition coefficient (Wildman–Crippen LogP) is 2.90. The fourth-order valence-electron chi connectivity index (χ4n) is 1.44. The number of nitrogens with one attached hydrogen (secondary N) is 1. The van der Waals surface area contributed by atoms with Crippen LogP contribution in [-0.4, -0.2) is 17.0 Å². The van der Waals surface area contributed by atoms with Crippen LogP contribution in [0.25, 0.3) is 0 Å². The van der Waals surface area contributed by atoms with Crippen molar-refractivity contribution in [2.45, 2.75) is 26.7 Å². The third-order valence-electron chi connectivity index (χ3n) is 2.43. The van der Waals surface area contributed by atoms with Gasteiger partial charge in [0.25, 0.3) is 0 Å². The quantitative estimate of drug-likeness (QED) is 0.847. The van der Waals surface area contributed by atoms with Crippen molar-refractivity contribution in [2.24, 2.45) is 5.92 Å². The fourth-order valence-corrected chi connectivity index (χ4v) is 1.44. The largest absolute Gasteiger partial charge is 0.478 e. The van der Waals surface area contributed by atoms with E-state index in [2.05, 4.69) is 5.32 Å². The van der Waals surface area contributed by atoms with Gasteiger partial charge >= 0.3 is 5.97 Å². The lowest BCUT2D eigenvalue weighted by atomic mass is 10.1. The molecule has 0 unspecified atom stereocenters. The van der Waals surface area contributed by atoms with E-state index < -0.39 is 11.8 Å². The number of aromatic carboxylic acids is 1. The molecule has 98 valence electrons. The van der Waals surface area contributed by atoms with Gasteiger partial charge in [-0.05, 0) is 30.5 Å². The van der Waals surface area contributed by atoms with E-state index in [9.17, 15) is 14.0 Å². The first-order chi connectivity index (χ1) is 8.40. The normalized spacial score (nSPS) is 10.4. The summed E-state index contributed by atoms with van der Waals surface area (Å²) < 4.78 is 13.0. The van der Waals surface area contributed by atoms with Gasteiger partial charge in [-0.1, -0.05) is 13.8 Å². The number of carbonyl (C=O) groups is 2. The molecule has 0 aromatic heterocycles. The van der Waals surface area contributed by atoms with Crippen molar-refractivity contribution >= 4 is 17.6 Å². The van der Waals surface area contributed by atoms with Crippen LogP contribution >= 0.6 is 0 Å². The van der Waals surface area contributed by atoms with Crippen molar-refractivity contribution in [3.63, 3.8) is 0 Å². The highest BCUT2D eigenvalue weighted by Gasteiger charge is 2.13. The van der Waals surface area contributed by atoms with Crippen LogP contribution in [0.3, 0.4) is 0 Å². The van der Waals surface area contributed by atoms with E-state index in [0.717, 1.165) is 18.2 Å². The number of rotatable bonds is 5. The Kier molecular flexibility index (Phi) is 4.83. The third kappa shape index (κ3) is 4.16. The van der Waals surface area contributed by atoms with Crippen LogP contribution in [0.5, 0.6) is 0 Å². The summed E-state index contributed by atoms with van der Waals surface area (Å²) in [4.78, 5) is 22.5. The summed E-state index contributed by atoms with van der Waals surface area (Å²) in [6.07, 6.45) is 0.983. The van der Waals surface area contributed by atoms with Gasteiger partial charge in [0, 0.05) is 6.42 Å². The highest BCUT2D eigenvalue weighted by Crippen LogP contribution is 2.18. The van der Waals surface area contributed by atoms with E-state index in [1.165, 1.54) is 0 Å². The van der Waals surface area contributed by atoms with Crippen LogP contribution in [0.2, 0.25) is 0 Å². The van der Waals surface area contributed by atoms with Gasteiger partial charge < -0.3 is 10.4 Å². The Labute approximate surface area is 105 Å². The molecule has 0 saturated carbocycles. The number of carbonyl (C=O) groups excluding carboxylic acids is 1. The molecule has 0 bridgehead atoms. The van der Waals surface area contributed by atoms with E-state index in [4.69, 9.17) is 5.11 Å². The Morgan fingerprint density at radius 3 is 2.61 bits per heavy atom.